The summed E-state index contributed by atoms with van der Waals surface area (Å²) in [6.45, 7) is 6.99. The molecule has 2 aliphatic heterocycles. The molecule has 1 aromatic rings. The highest BCUT2D eigenvalue weighted by molar-refractivity contribution is 5.46. The molecule has 29 heavy (non-hydrogen) atoms. The number of rotatable bonds is 7. The van der Waals surface area contributed by atoms with Gasteiger partial charge < -0.3 is 28.8 Å². The average molecular weight is 412 g/mol. The van der Waals surface area contributed by atoms with Crippen LogP contribution in [0.5, 0.6) is 0 Å². The van der Waals surface area contributed by atoms with Crippen LogP contribution in [-0.4, -0.2) is 64.9 Å². The summed E-state index contributed by atoms with van der Waals surface area (Å²) >= 11 is 0. The van der Waals surface area contributed by atoms with Gasteiger partial charge in [0.2, 0.25) is 0 Å². The number of nitrogens with zero attached hydrogens (tertiary/aromatic N) is 1. The fourth-order valence-corrected chi connectivity index (χ4v) is 3.45. The predicted molar refractivity (Wildman–Crippen MR) is 102 cm³/mol. The predicted octanol–water partition coefficient (Wildman–Crippen LogP) is 0.359. The molecule has 0 aromatic carbocycles. The molecule has 10 nitrogen and oxygen atoms in total. The number of hydrogen-bond donors (Lipinski definition) is 2. The fraction of sp³-hybridized carbons (Fsp3) is 0.684. The molecule has 3 rings (SSSR count). The summed E-state index contributed by atoms with van der Waals surface area (Å²) < 4.78 is 29.7. The van der Waals surface area contributed by atoms with Gasteiger partial charge in [-0.15, -0.1) is 0 Å². The van der Waals surface area contributed by atoms with Gasteiger partial charge in [-0.3, -0.25) is 14.3 Å². The maximum Gasteiger partial charge on any atom is 0.331 e. The van der Waals surface area contributed by atoms with E-state index in [4.69, 9.17) is 23.7 Å². The van der Waals surface area contributed by atoms with Crippen molar-refractivity contribution >= 4 is 6.08 Å². The molecule has 10 heteroatoms. The Balaban J connectivity index is 1.99. The standard InChI is InChI=1S/C19H28N2O8/c1-18(2,24)7-6-11-8-13(22)20-17(23)21(11)16-15-14(28-19(3,4)29-15)12(27-16)9-26-10-25-5/h6-8,12,14-16,24H,9-10H2,1-5H3,(H,20,22,23)/b7-6+/t12-,14-,15-,16-/m1/s1. The van der Waals surface area contributed by atoms with Crippen molar-refractivity contribution in [2.75, 3.05) is 20.5 Å². The zero-order valence-corrected chi connectivity index (χ0v) is 17.2. The van der Waals surface area contributed by atoms with Crippen LogP contribution >= 0.6 is 0 Å². The Morgan fingerprint density at radius 3 is 2.66 bits per heavy atom. The summed E-state index contributed by atoms with van der Waals surface area (Å²) in [6, 6.07) is 1.26. The third-order valence-corrected chi connectivity index (χ3v) is 4.53. The van der Waals surface area contributed by atoms with Gasteiger partial charge in [0.05, 0.1) is 17.9 Å². The van der Waals surface area contributed by atoms with Crippen molar-refractivity contribution in [3.63, 3.8) is 0 Å². The molecule has 0 bridgehead atoms. The van der Waals surface area contributed by atoms with Crippen LogP contribution in [-0.2, 0) is 23.7 Å². The van der Waals surface area contributed by atoms with Crippen molar-refractivity contribution in [2.24, 2.45) is 0 Å². The fourth-order valence-electron chi connectivity index (χ4n) is 3.45. The minimum absolute atomic E-state index is 0.0876. The SMILES string of the molecule is COCOC[C@H]1O[C@@H](n2c(/C=C/C(C)(C)O)cc(=O)[nH]c2=O)[C@@H]2OC(C)(C)O[C@@H]21. The molecule has 2 N–H and O–H groups in total. The highest BCUT2D eigenvalue weighted by Crippen LogP contribution is 2.43. The lowest BCUT2D eigenvalue weighted by molar-refractivity contribution is -0.205. The normalized spacial score (nSPS) is 28.9. The molecule has 2 aliphatic rings. The van der Waals surface area contributed by atoms with Crippen LogP contribution in [0.3, 0.4) is 0 Å². The number of aromatic amines is 1. The van der Waals surface area contributed by atoms with Gasteiger partial charge in [0.25, 0.3) is 5.56 Å². The molecule has 0 saturated carbocycles. The number of hydrogen-bond acceptors (Lipinski definition) is 8. The highest BCUT2D eigenvalue weighted by atomic mass is 16.8. The van der Waals surface area contributed by atoms with Gasteiger partial charge in [0.15, 0.2) is 12.0 Å². The summed E-state index contributed by atoms with van der Waals surface area (Å²) in [5.41, 5.74) is -2.06. The van der Waals surface area contributed by atoms with Crippen molar-refractivity contribution in [1.82, 2.24) is 9.55 Å². The van der Waals surface area contributed by atoms with E-state index in [2.05, 4.69) is 4.98 Å². The van der Waals surface area contributed by atoms with E-state index >= 15 is 0 Å². The van der Waals surface area contributed by atoms with Crippen molar-refractivity contribution in [3.8, 4) is 0 Å². The quantitative estimate of drug-likeness (QED) is 0.486. The first-order valence-corrected chi connectivity index (χ1v) is 9.36. The molecule has 3 heterocycles. The van der Waals surface area contributed by atoms with E-state index in [1.54, 1.807) is 27.7 Å². The van der Waals surface area contributed by atoms with Crippen LogP contribution in [0, 0.1) is 0 Å². The molecule has 1 aromatic heterocycles. The number of nitrogens with one attached hydrogen (secondary N) is 1. The largest absolute Gasteiger partial charge is 0.386 e. The van der Waals surface area contributed by atoms with E-state index in [9.17, 15) is 14.7 Å². The lowest BCUT2D eigenvalue weighted by Crippen LogP contribution is -2.39. The molecule has 162 valence electrons. The van der Waals surface area contributed by atoms with Gasteiger partial charge in [-0.2, -0.15) is 0 Å². The molecule has 0 amide bonds. The first kappa shape index (κ1) is 21.9. The van der Waals surface area contributed by atoms with Gasteiger partial charge in [0, 0.05) is 13.2 Å². The van der Waals surface area contributed by atoms with Gasteiger partial charge in [0.1, 0.15) is 25.1 Å². The number of ether oxygens (including phenoxy) is 5. The molecule has 0 radical (unpaired) electrons. The van der Waals surface area contributed by atoms with Crippen LogP contribution in [0.4, 0.5) is 0 Å². The topological polar surface area (TPSA) is 121 Å². The van der Waals surface area contributed by atoms with Crippen molar-refractivity contribution in [2.45, 2.75) is 63.6 Å². The second-order valence-corrected chi connectivity index (χ2v) is 8.13. The van der Waals surface area contributed by atoms with Crippen molar-refractivity contribution in [1.29, 1.82) is 0 Å². The van der Waals surface area contributed by atoms with Crippen LogP contribution in [0.2, 0.25) is 0 Å². The minimum atomic E-state index is -1.13. The molecular formula is C19H28N2O8. The average Bonchev–Trinajstić information content (AvgIpc) is 3.06. The number of fused-ring (bicyclic) bond motifs is 1. The Kier molecular flexibility index (Phi) is 6.13. The molecular weight excluding hydrogens is 384 g/mol. The number of H-pyrrole nitrogens is 1. The van der Waals surface area contributed by atoms with Crippen LogP contribution in [0.25, 0.3) is 6.08 Å². The number of aliphatic hydroxyl groups is 1. The Morgan fingerprint density at radius 1 is 1.31 bits per heavy atom. The monoisotopic (exact) mass is 412 g/mol. The van der Waals surface area contributed by atoms with E-state index in [0.29, 0.717) is 0 Å². The summed E-state index contributed by atoms with van der Waals surface area (Å²) in [5.74, 6) is -0.869. The van der Waals surface area contributed by atoms with Crippen LogP contribution in [0.1, 0.15) is 39.6 Å². The van der Waals surface area contributed by atoms with Gasteiger partial charge in [-0.05, 0) is 33.8 Å². The maximum atomic E-state index is 12.7. The lowest BCUT2D eigenvalue weighted by atomic mass is 10.1. The number of aromatic nitrogens is 2. The Morgan fingerprint density at radius 2 is 2.00 bits per heavy atom. The molecule has 0 unspecified atom stereocenters. The second-order valence-electron chi connectivity index (χ2n) is 8.13. The molecule has 0 aliphatic carbocycles. The highest BCUT2D eigenvalue weighted by Gasteiger charge is 2.56. The third kappa shape index (κ3) is 5.03. The first-order chi connectivity index (χ1) is 13.5. The summed E-state index contributed by atoms with van der Waals surface area (Å²) in [7, 11) is 1.51. The van der Waals surface area contributed by atoms with Gasteiger partial charge in [-0.1, -0.05) is 6.08 Å². The molecule has 2 fully saturated rings. The van der Waals surface area contributed by atoms with E-state index in [0.717, 1.165) is 0 Å². The molecule has 4 atom stereocenters. The maximum absolute atomic E-state index is 12.7. The number of methoxy groups -OCH3 is 1. The Hall–Kier alpha value is -1.82. The summed E-state index contributed by atoms with van der Waals surface area (Å²) in [5, 5.41) is 9.99. The Bertz CT molecular complexity index is 866. The van der Waals surface area contributed by atoms with E-state index in [1.807, 2.05) is 0 Å². The molecule has 2 saturated heterocycles. The van der Waals surface area contributed by atoms with Crippen molar-refractivity contribution < 1.29 is 28.8 Å². The van der Waals surface area contributed by atoms with Gasteiger partial charge >= 0.3 is 5.69 Å². The zero-order valence-electron chi connectivity index (χ0n) is 17.2. The van der Waals surface area contributed by atoms with E-state index in [1.165, 1.54) is 29.9 Å². The van der Waals surface area contributed by atoms with Crippen LogP contribution in [0.15, 0.2) is 21.7 Å². The summed E-state index contributed by atoms with van der Waals surface area (Å²) in [6.07, 6.45) is 0.552. The molecule has 0 spiro atoms. The van der Waals surface area contributed by atoms with Gasteiger partial charge in [-0.25, -0.2) is 4.79 Å². The smallest absolute Gasteiger partial charge is 0.331 e. The second kappa shape index (κ2) is 8.13. The first-order valence-electron chi connectivity index (χ1n) is 9.36. The minimum Gasteiger partial charge on any atom is -0.386 e. The van der Waals surface area contributed by atoms with Crippen molar-refractivity contribution in [3.05, 3.63) is 38.7 Å². The zero-order chi connectivity index (χ0) is 21.4. The van der Waals surface area contributed by atoms with E-state index < -0.39 is 47.2 Å². The third-order valence-electron chi connectivity index (χ3n) is 4.53. The summed E-state index contributed by atoms with van der Waals surface area (Å²) in [4.78, 5) is 26.8. The Labute approximate surface area is 168 Å². The van der Waals surface area contributed by atoms with Crippen LogP contribution < -0.4 is 11.2 Å². The lowest BCUT2D eigenvalue weighted by Gasteiger charge is -2.25. The van der Waals surface area contributed by atoms with E-state index in [-0.39, 0.29) is 19.1 Å².